The molecule has 0 spiro atoms. The molecule has 2 heterocycles. The van der Waals surface area contributed by atoms with E-state index in [1.165, 1.54) is 0 Å². The zero-order valence-corrected chi connectivity index (χ0v) is 18.6. The maximum absolute atomic E-state index is 11.6. The monoisotopic (exact) mass is 482 g/mol. The normalized spacial score (nSPS) is 39.2. The zero-order valence-electron chi connectivity index (χ0n) is 18.6. The molecule has 0 amide bonds. The van der Waals surface area contributed by atoms with Crippen LogP contribution in [0.25, 0.3) is 0 Å². The molecule has 6 N–H and O–H groups in total. The minimum Gasteiger partial charge on any atom is -0.463 e. The average molecular weight is 482 g/mol. The van der Waals surface area contributed by atoms with Gasteiger partial charge in [0.25, 0.3) is 0 Å². The number of aliphatic hydroxyl groups is 6. The Bertz CT molecular complexity index is 579. The Morgan fingerprint density at radius 3 is 1.33 bits per heavy atom. The number of rotatable bonds is 10. The van der Waals surface area contributed by atoms with Crippen LogP contribution in [0.2, 0.25) is 0 Å². The number of esters is 2. The summed E-state index contributed by atoms with van der Waals surface area (Å²) < 4.78 is 26.2. The van der Waals surface area contributed by atoms with Gasteiger partial charge in [0.2, 0.25) is 0 Å². The molecular formula is C20H34O13. The Morgan fingerprint density at radius 1 is 0.636 bits per heavy atom. The predicted molar refractivity (Wildman–Crippen MR) is 106 cm³/mol. The van der Waals surface area contributed by atoms with Gasteiger partial charge in [-0.15, -0.1) is 0 Å². The van der Waals surface area contributed by atoms with Crippen LogP contribution in [0.5, 0.6) is 0 Å². The van der Waals surface area contributed by atoms with Gasteiger partial charge < -0.3 is 54.3 Å². The van der Waals surface area contributed by atoms with Crippen LogP contribution < -0.4 is 0 Å². The summed E-state index contributed by atoms with van der Waals surface area (Å²) in [6.07, 6.45) is -14.8. The summed E-state index contributed by atoms with van der Waals surface area (Å²) in [5.41, 5.74) is 0. The first-order valence-electron chi connectivity index (χ1n) is 11.0. The van der Waals surface area contributed by atoms with E-state index in [9.17, 15) is 40.2 Å². The Kier molecular flexibility index (Phi) is 10.9. The van der Waals surface area contributed by atoms with E-state index >= 15 is 0 Å². The van der Waals surface area contributed by atoms with Gasteiger partial charge in [-0.3, -0.25) is 9.59 Å². The van der Waals surface area contributed by atoms with Crippen molar-refractivity contribution in [1.29, 1.82) is 0 Å². The number of aliphatic hydroxyl groups excluding tert-OH is 6. The molecule has 0 radical (unpaired) electrons. The van der Waals surface area contributed by atoms with Crippen molar-refractivity contribution in [3.8, 4) is 0 Å². The van der Waals surface area contributed by atoms with Crippen molar-refractivity contribution in [2.45, 2.75) is 101 Å². The molecule has 13 heteroatoms. The van der Waals surface area contributed by atoms with Crippen LogP contribution in [0.1, 0.15) is 39.5 Å². The van der Waals surface area contributed by atoms with Crippen molar-refractivity contribution < 1.29 is 63.9 Å². The van der Waals surface area contributed by atoms with Crippen molar-refractivity contribution >= 4 is 11.9 Å². The van der Waals surface area contributed by atoms with Crippen LogP contribution in [0.3, 0.4) is 0 Å². The molecule has 0 aromatic carbocycles. The van der Waals surface area contributed by atoms with Gasteiger partial charge in [0.15, 0.2) is 12.6 Å². The molecule has 0 aromatic heterocycles. The molecule has 0 saturated carbocycles. The van der Waals surface area contributed by atoms with Crippen LogP contribution in [-0.4, -0.2) is 117 Å². The second-order valence-corrected chi connectivity index (χ2v) is 8.03. The second-order valence-electron chi connectivity index (χ2n) is 8.03. The molecule has 0 aromatic rings. The van der Waals surface area contributed by atoms with Crippen molar-refractivity contribution in [2.24, 2.45) is 0 Å². The summed E-state index contributed by atoms with van der Waals surface area (Å²) in [5.74, 6) is -1.09. The maximum atomic E-state index is 11.6. The lowest BCUT2D eigenvalue weighted by Crippen LogP contribution is -2.64. The smallest absolute Gasteiger partial charge is 0.305 e. The van der Waals surface area contributed by atoms with E-state index in [2.05, 4.69) is 0 Å². The summed E-state index contributed by atoms with van der Waals surface area (Å²) in [6.45, 7) is 2.68. The van der Waals surface area contributed by atoms with Gasteiger partial charge in [-0.25, -0.2) is 0 Å². The summed E-state index contributed by atoms with van der Waals surface area (Å²) in [4.78, 5) is 23.2. The van der Waals surface area contributed by atoms with Gasteiger partial charge in [-0.05, 0) is 12.8 Å². The van der Waals surface area contributed by atoms with E-state index in [0.29, 0.717) is 12.8 Å². The van der Waals surface area contributed by atoms with Gasteiger partial charge in [0.05, 0.1) is 0 Å². The Balaban J connectivity index is 2.03. The van der Waals surface area contributed by atoms with Crippen molar-refractivity contribution in [2.75, 3.05) is 13.2 Å². The predicted octanol–water partition coefficient (Wildman–Crippen LogP) is -2.70. The van der Waals surface area contributed by atoms with Crippen LogP contribution in [0, 0.1) is 0 Å². The SMILES string of the molecule is CCCC(=O)OCC1OC(OC2OC(COC(=O)CCC)C(O)C(O)C2O)C(O)C(O)C1O. The lowest BCUT2D eigenvalue weighted by atomic mass is 9.98. The molecule has 2 rings (SSSR count). The molecular weight excluding hydrogens is 448 g/mol. The fourth-order valence-electron chi connectivity index (χ4n) is 3.37. The fourth-order valence-corrected chi connectivity index (χ4v) is 3.37. The number of hydrogen-bond donors (Lipinski definition) is 6. The third kappa shape index (κ3) is 7.28. The maximum Gasteiger partial charge on any atom is 0.305 e. The van der Waals surface area contributed by atoms with Crippen LogP contribution >= 0.6 is 0 Å². The molecule has 13 nitrogen and oxygen atoms in total. The first-order valence-corrected chi connectivity index (χ1v) is 11.0. The standard InChI is InChI=1S/C20H34O13/c1-3-5-11(21)29-7-9-13(23)15(25)17(27)19(31-9)33-20-18(28)16(26)14(24)10(32-20)8-30-12(22)6-4-2/h9-10,13-20,23-28H,3-8H2,1-2H3. The zero-order chi connectivity index (χ0) is 24.7. The Hall–Kier alpha value is -1.42. The van der Waals surface area contributed by atoms with Gasteiger partial charge >= 0.3 is 11.9 Å². The quantitative estimate of drug-likeness (QED) is 0.176. The highest BCUT2D eigenvalue weighted by Gasteiger charge is 2.50. The lowest BCUT2D eigenvalue weighted by Gasteiger charge is -2.44. The number of hydrogen-bond acceptors (Lipinski definition) is 13. The van der Waals surface area contributed by atoms with Crippen LogP contribution in [0.15, 0.2) is 0 Å². The molecule has 0 aliphatic carbocycles. The summed E-state index contributed by atoms with van der Waals surface area (Å²) in [6, 6.07) is 0. The van der Waals surface area contributed by atoms with Gasteiger partial charge in [0.1, 0.15) is 62.0 Å². The summed E-state index contributed by atoms with van der Waals surface area (Å²) in [7, 11) is 0. The molecule has 192 valence electrons. The first-order chi connectivity index (χ1) is 15.6. The highest BCUT2D eigenvalue weighted by molar-refractivity contribution is 5.69. The molecule has 33 heavy (non-hydrogen) atoms. The summed E-state index contributed by atoms with van der Waals surface area (Å²) in [5, 5.41) is 61.0. The fraction of sp³-hybridized carbons (Fsp3) is 0.900. The topological polar surface area (TPSA) is 202 Å². The Labute approximate surface area is 190 Å². The van der Waals surface area contributed by atoms with E-state index in [1.807, 2.05) is 0 Å². The molecule has 10 atom stereocenters. The molecule has 10 unspecified atom stereocenters. The van der Waals surface area contributed by atoms with E-state index in [4.69, 9.17) is 23.7 Å². The molecule has 2 fully saturated rings. The van der Waals surface area contributed by atoms with E-state index < -0.39 is 86.6 Å². The largest absolute Gasteiger partial charge is 0.463 e. The minimum atomic E-state index is -1.79. The average Bonchev–Trinajstić information content (AvgIpc) is 2.78. The third-order valence-corrected chi connectivity index (χ3v) is 5.33. The molecule has 2 saturated heterocycles. The van der Waals surface area contributed by atoms with E-state index in [1.54, 1.807) is 13.8 Å². The van der Waals surface area contributed by atoms with Gasteiger partial charge in [0, 0.05) is 12.8 Å². The number of carbonyl (C=O) groups excluding carboxylic acids is 2. The molecule has 0 bridgehead atoms. The van der Waals surface area contributed by atoms with Crippen molar-refractivity contribution in [1.82, 2.24) is 0 Å². The van der Waals surface area contributed by atoms with Crippen LogP contribution in [0.4, 0.5) is 0 Å². The van der Waals surface area contributed by atoms with Crippen molar-refractivity contribution in [3.05, 3.63) is 0 Å². The van der Waals surface area contributed by atoms with Crippen molar-refractivity contribution in [3.63, 3.8) is 0 Å². The minimum absolute atomic E-state index is 0.139. The lowest BCUT2D eigenvalue weighted by molar-refractivity contribution is -0.376. The third-order valence-electron chi connectivity index (χ3n) is 5.33. The highest BCUT2D eigenvalue weighted by atomic mass is 16.8. The number of ether oxygens (including phenoxy) is 5. The second kappa shape index (κ2) is 12.9. The van der Waals surface area contributed by atoms with Crippen LogP contribution in [-0.2, 0) is 33.3 Å². The van der Waals surface area contributed by atoms with E-state index in [-0.39, 0.29) is 12.8 Å². The molecule has 2 aliphatic rings. The van der Waals surface area contributed by atoms with Gasteiger partial charge in [-0.2, -0.15) is 0 Å². The molecule has 2 aliphatic heterocycles. The Morgan fingerprint density at radius 2 is 1.00 bits per heavy atom. The van der Waals surface area contributed by atoms with Gasteiger partial charge in [-0.1, -0.05) is 13.8 Å². The van der Waals surface area contributed by atoms with E-state index in [0.717, 1.165) is 0 Å². The number of carbonyl (C=O) groups is 2. The summed E-state index contributed by atoms with van der Waals surface area (Å²) >= 11 is 0. The highest BCUT2D eigenvalue weighted by Crippen LogP contribution is 2.28. The first kappa shape index (κ1) is 27.8.